The average Bonchev–Trinajstić information content (AvgIpc) is 2.61. The summed E-state index contributed by atoms with van der Waals surface area (Å²) in [4.78, 5) is 11.2. The summed E-state index contributed by atoms with van der Waals surface area (Å²) in [5.41, 5.74) is 6.46. The number of carbonyl (C=O) groups is 1. The van der Waals surface area contributed by atoms with Crippen LogP contribution in [-0.4, -0.2) is 12.5 Å². The van der Waals surface area contributed by atoms with E-state index < -0.39 is 5.91 Å². The molecule has 0 aliphatic rings. The third kappa shape index (κ3) is 5.16. The number of hydrogen-bond donors (Lipinski definition) is 1. The van der Waals surface area contributed by atoms with Crippen LogP contribution in [0.4, 0.5) is 0 Å². The lowest BCUT2D eigenvalue weighted by Crippen LogP contribution is -2.12. The van der Waals surface area contributed by atoms with Crippen molar-refractivity contribution in [3.05, 3.63) is 63.1 Å². The molecule has 1 amide bonds. The average molecular weight is 391 g/mol. The first-order valence-corrected chi connectivity index (χ1v) is 8.45. The Hall–Kier alpha value is -2.68. The third-order valence-electron chi connectivity index (χ3n) is 3.34. The molecule has 0 saturated carbocycles. The lowest BCUT2D eigenvalue weighted by molar-refractivity contribution is -0.114. The van der Waals surface area contributed by atoms with Crippen LogP contribution in [0.1, 0.15) is 18.1 Å². The van der Waals surface area contributed by atoms with Gasteiger partial charge in [-0.1, -0.05) is 35.3 Å². The Labute approximate surface area is 161 Å². The van der Waals surface area contributed by atoms with Crippen LogP contribution >= 0.6 is 23.2 Å². The van der Waals surface area contributed by atoms with Crippen molar-refractivity contribution in [2.24, 2.45) is 5.73 Å². The van der Waals surface area contributed by atoms with Gasteiger partial charge in [-0.25, -0.2) is 0 Å². The zero-order chi connectivity index (χ0) is 19.1. The van der Waals surface area contributed by atoms with Gasteiger partial charge in [0.05, 0.1) is 16.7 Å². The number of carbonyl (C=O) groups excluding carboxylic acids is 1. The Kier molecular flexibility index (Phi) is 6.90. The fraction of sp³-hybridized carbons (Fsp3) is 0.158. The molecule has 2 rings (SSSR count). The second kappa shape index (κ2) is 9.14. The maximum atomic E-state index is 11.2. The van der Waals surface area contributed by atoms with Crippen molar-refractivity contribution in [1.29, 1.82) is 5.26 Å². The van der Waals surface area contributed by atoms with Gasteiger partial charge in [-0.3, -0.25) is 4.79 Å². The second-order valence-electron chi connectivity index (χ2n) is 5.21. The van der Waals surface area contributed by atoms with Gasteiger partial charge in [0, 0.05) is 0 Å². The number of primary amides is 1. The molecule has 2 aromatic carbocycles. The van der Waals surface area contributed by atoms with Gasteiger partial charge in [-0.15, -0.1) is 0 Å². The quantitative estimate of drug-likeness (QED) is 0.561. The number of nitrogens with zero attached hydrogens (tertiary/aromatic N) is 1. The van der Waals surface area contributed by atoms with Crippen LogP contribution in [0.5, 0.6) is 11.5 Å². The van der Waals surface area contributed by atoms with Crippen molar-refractivity contribution in [3.63, 3.8) is 0 Å². The van der Waals surface area contributed by atoms with Crippen molar-refractivity contribution in [2.45, 2.75) is 13.5 Å². The topological polar surface area (TPSA) is 85.3 Å². The number of nitrogens with two attached hydrogens (primary N) is 1. The fourth-order valence-corrected chi connectivity index (χ4v) is 2.44. The highest BCUT2D eigenvalue weighted by Gasteiger charge is 2.09. The van der Waals surface area contributed by atoms with Gasteiger partial charge in [-0.2, -0.15) is 5.26 Å². The van der Waals surface area contributed by atoms with Crippen molar-refractivity contribution in [1.82, 2.24) is 0 Å². The van der Waals surface area contributed by atoms with Crippen LogP contribution in [0, 0.1) is 11.3 Å². The summed E-state index contributed by atoms with van der Waals surface area (Å²) in [5, 5.41) is 9.87. The lowest BCUT2D eigenvalue weighted by atomic mass is 10.1. The van der Waals surface area contributed by atoms with E-state index in [0.717, 1.165) is 5.56 Å². The summed E-state index contributed by atoms with van der Waals surface area (Å²) < 4.78 is 11.4. The van der Waals surface area contributed by atoms with Crippen LogP contribution in [0.15, 0.2) is 42.0 Å². The normalized spacial score (nSPS) is 10.9. The maximum absolute atomic E-state index is 11.2. The monoisotopic (exact) mass is 390 g/mol. The molecule has 0 radical (unpaired) electrons. The van der Waals surface area contributed by atoms with E-state index in [1.165, 1.54) is 6.08 Å². The van der Waals surface area contributed by atoms with Crippen LogP contribution in [0.2, 0.25) is 10.0 Å². The maximum Gasteiger partial charge on any atom is 0.259 e. The summed E-state index contributed by atoms with van der Waals surface area (Å²) in [6.45, 7) is 2.55. The van der Waals surface area contributed by atoms with E-state index in [-0.39, 0.29) is 12.2 Å². The molecule has 134 valence electrons. The van der Waals surface area contributed by atoms with Gasteiger partial charge in [0.25, 0.3) is 5.91 Å². The Morgan fingerprint density at radius 3 is 2.54 bits per heavy atom. The molecular weight excluding hydrogens is 375 g/mol. The first kappa shape index (κ1) is 19.6. The van der Waals surface area contributed by atoms with Crippen LogP contribution < -0.4 is 15.2 Å². The highest BCUT2D eigenvalue weighted by molar-refractivity contribution is 6.42. The zero-order valence-corrected chi connectivity index (χ0v) is 15.5. The fourth-order valence-electron chi connectivity index (χ4n) is 2.12. The lowest BCUT2D eigenvalue weighted by Gasteiger charge is -2.13. The Bertz CT molecular complexity index is 889. The molecule has 0 fully saturated rings. The summed E-state index contributed by atoms with van der Waals surface area (Å²) in [5.74, 6) is 0.223. The van der Waals surface area contributed by atoms with Gasteiger partial charge in [-0.05, 0) is 48.4 Å². The molecule has 0 bridgehead atoms. The molecule has 2 aromatic rings. The van der Waals surface area contributed by atoms with Gasteiger partial charge < -0.3 is 15.2 Å². The smallest absolute Gasteiger partial charge is 0.259 e. The summed E-state index contributed by atoms with van der Waals surface area (Å²) in [6, 6.07) is 12.1. The zero-order valence-electron chi connectivity index (χ0n) is 14.0. The Morgan fingerprint density at radius 2 is 1.92 bits per heavy atom. The SMILES string of the molecule is CCOc1cc(C=C(C#N)C(N)=O)ccc1OCc1ccc(Cl)c(Cl)c1. The first-order chi connectivity index (χ1) is 12.4. The molecule has 0 aliphatic carbocycles. The second-order valence-corrected chi connectivity index (χ2v) is 6.02. The summed E-state index contributed by atoms with van der Waals surface area (Å²) in [7, 11) is 0. The number of nitriles is 1. The molecule has 0 aliphatic heterocycles. The molecule has 0 aromatic heterocycles. The number of halogens is 2. The minimum absolute atomic E-state index is 0.142. The highest BCUT2D eigenvalue weighted by atomic mass is 35.5. The number of hydrogen-bond acceptors (Lipinski definition) is 4. The van der Waals surface area contributed by atoms with E-state index in [2.05, 4.69) is 0 Å². The summed E-state index contributed by atoms with van der Waals surface area (Å²) in [6.07, 6.45) is 1.40. The minimum atomic E-state index is -0.787. The number of ether oxygens (including phenoxy) is 2. The van der Waals surface area contributed by atoms with E-state index in [4.69, 9.17) is 43.7 Å². The number of benzene rings is 2. The van der Waals surface area contributed by atoms with Gasteiger partial charge in [0.1, 0.15) is 18.2 Å². The Morgan fingerprint density at radius 1 is 1.15 bits per heavy atom. The molecule has 2 N–H and O–H groups in total. The Balaban J connectivity index is 2.24. The summed E-state index contributed by atoms with van der Waals surface area (Å²) >= 11 is 11.9. The third-order valence-corrected chi connectivity index (χ3v) is 4.08. The molecule has 0 spiro atoms. The van der Waals surface area contributed by atoms with E-state index in [0.29, 0.717) is 33.7 Å². The van der Waals surface area contributed by atoms with Crippen molar-refractivity contribution in [2.75, 3.05) is 6.61 Å². The van der Waals surface area contributed by atoms with Crippen molar-refractivity contribution >= 4 is 35.2 Å². The number of amides is 1. The molecule has 5 nitrogen and oxygen atoms in total. The van der Waals surface area contributed by atoms with Crippen molar-refractivity contribution < 1.29 is 14.3 Å². The van der Waals surface area contributed by atoms with E-state index in [9.17, 15) is 4.79 Å². The van der Waals surface area contributed by atoms with Gasteiger partial charge in [0.15, 0.2) is 11.5 Å². The minimum Gasteiger partial charge on any atom is -0.490 e. The van der Waals surface area contributed by atoms with Crippen LogP contribution in [-0.2, 0) is 11.4 Å². The predicted octanol–water partition coefficient (Wildman–Crippen LogP) is 4.36. The van der Waals surface area contributed by atoms with Gasteiger partial charge in [0.2, 0.25) is 0 Å². The predicted molar refractivity (Wildman–Crippen MR) is 101 cm³/mol. The number of rotatable bonds is 7. The molecular formula is C19H16Cl2N2O3. The van der Waals surface area contributed by atoms with Crippen LogP contribution in [0.25, 0.3) is 6.08 Å². The van der Waals surface area contributed by atoms with Crippen LogP contribution in [0.3, 0.4) is 0 Å². The van der Waals surface area contributed by atoms with Crippen molar-refractivity contribution in [3.8, 4) is 17.6 Å². The molecule has 26 heavy (non-hydrogen) atoms. The highest BCUT2D eigenvalue weighted by Crippen LogP contribution is 2.31. The van der Waals surface area contributed by atoms with E-state index >= 15 is 0 Å². The first-order valence-electron chi connectivity index (χ1n) is 7.69. The standard InChI is InChI=1S/C19H16Cl2N2O3/c1-2-25-18-9-12(7-14(10-22)19(23)24)4-6-17(18)26-11-13-3-5-15(20)16(21)8-13/h3-9H,2,11H2,1H3,(H2,23,24). The molecule has 0 heterocycles. The molecule has 7 heteroatoms. The van der Waals surface area contributed by atoms with E-state index in [1.807, 2.05) is 13.0 Å². The molecule has 0 atom stereocenters. The largest absolute Gasteiger partial charge is 0.490 e. The molecule has 0 unspecified atom stereocenters. The van der Waals surface area contributed by atoms with E-state index in [1.54, 1.807) is 36.4 Å². The molecule has 0 saturated heterocycles. The van der Waals surface area contributed by atoms with Gasteiger partial charge >= 0.3 is 0 Å².